The molecule has 0 bridgehead atoms. The molecule has 1 atom stereocenters. The first-order valence-corrected chi connectivity index (χ1v) is 4.98. The lowest BCUT2D eigenvalue weighted by Gasteiger charge is -2.27. The zero-order chi connectivity index (χ0) is 11.3. The molecular formula is C13H16N2. The highest BCUT2D eigenvalue weighted by Crippen LogP contribution is 2.27. The van der Waals surface area contributed by atoms with E-state index >= 15 is 0 Å². The van der Waals surface area contributed by atoms with E-state index < -0.39 is 0 Å². The van der Waals surface area contributed by atoms with E-state index in [1.165, 1.54) is 0 Å². The fraction of sp³-hybridized carbons (Fsp3) is 0.308. The van der Waals surface area contributed by atoms with E-state index in [9.17, 15) is 0 Å². The number of nitriles is 1. The van der Waals surface area contributed by atoms with E-state index in [2.05, 4.69) is 19.6 Å². The molecule has 0 saturated carbocycles. The van der Waals surface area contributed by atoms with Gasteiger partial charge in [-0.15, -0.1) is 6.58 Å². The van der Waals surface area contributed by atoms with E-state index in [-0.39, 0.29) is 5.41 Å². The van der Waals surface area contributed by atoms with Gasteiger partial charge in [0.15, 0.2) is 0 Å². The van der Waals surface area contributed by atoms with E-state index in [4.69, 9.17) is 11.0 Å². The van der Waals surface area contributed by atoms with Gasteiger partial charge in [-0.25, -0.2) is 0 Å². The van der Waals surface area contributed by atoms with Crippen LogP contribution in [0.5, 0.6) is 0 Å². The highest BCUT2D eigenvalue weighted by Gasteiger charge is 2.23. The molecule has 1 unspecified atom stereocenters. The SMILES string of the molecule is C=CCC(C)(CN)c1cccc(C#N)c1. The molecular weight excluding hydrogens is 184 g/mol. The van der Waals surface area contributed by atoms with Gasteiger partial charge in [-0.3, -0.25) is 0 Å². The van der Waals surface area contributed by atoms with Crippen molar-refractivity contribution < 1.29 is 0 Å². The van der Waals surface area contributed by atoms with Crippen LogP contribution in [-0.4, -0.2) is 6.54 Å². The van der Waals surface area contributed by atoms with E-state index in [0.29, 0.717) is 12.1 Å². The van der Waals surface area contributed by atoms with Crippen molar-refractivity contribution >= 4 is 0 Å². The van der Waals surface area contributed by atoms with Crippen molar-refractivity contribution in [1.82, 2.24) is 0 Å². The van der Waals surface area contributed by atoms with Crippen molar-refractivity contribution in [2.24, 2.45) is 5.73 Å². The quantitative estimate of drug-likeness (QED) is 0.758. The number of nitrogens with two attached hydrogens (primary N) is 1. The molecule has 0 radical (unpaired) electrons. The lowest BCUT2D eigenvalue weighted by Crippen LogP contribution is -2.31. The van der Waals surface area contributed by atoms with Crippen LogP contribution in [-0.2, 0) is 5.41 Å². The summed E-state index contributed by atoms with van der Waals surface area (Å²) in [5.74, 6) is 0. The average Bonchev–Trinajstić information content (AvgIpc) is 2.29. The molecule has 0 aliphatic rings. The van der Waals surface area contributed by atoms with Crippen LogP contribution in [0.2, 0.25) is 0 Å². The van der Waals surface area contributed by atoms with Crippen LogP contribution in [0, 0.1) is 11.3 Å². The first-order valence-electron chi connectivity index (χ1n) is 4.98. The van der Waals surface area contributed by atoms with Crippen LogP contribution in [0.4, 0.5) is 0 Å². The van der Waals surface area contributed by atoms with Crippen LogP contribution in [0.1, 0.15) is 24.5 Å². The van der Waals surface area contributed by atoms with Crippen molar-refractivity contribution in [2.45, 2.75) is 18.8 Å². The minimum absolute atomic E-state index is 0.116. The van der Waals surface area contributed by atoms with Crippen molar-refractivity contribution in [1.29, 1.82) is 5.26 Å². The van der Waals surface area contributed by atoms with Gasteiger partial charge in [0.25, 0.3) is 0 Å². The highest BCUT2D eigenvalue weighted by atomic mass is 14.6. The smallest absolute Gasteiger partial charge is 0.0991 e. The minimum Gasteiger partial charge on any atom is -0.330 e. The molecule has 0 spiro atoms. The summed E-state index contributed by atoms with van der Waals surface area (Å²) in [7, 11) is 0. The minimum atomic E-state index is -0.116. The third-order valence-corrected chi connectivity index (χ3v) is 2.73. The standard InChI is InChI=1S/C13H16N2/c1-3-7-13(2,10-15)12-6-4-5-11(8-12)9-14/h3-6,8H,1,7,10,15H2,2H3. The first-order chi connectivity index (χ1) is 7.16. The highest BCUT2D eigenvalue weighted by molar-refractivity contribution is 5.37. The Bertz CT molecular complexity index is 390. The van der Waals surface area contributed by atoms with Gasteiger partial charge in [0.1, 0.15) is 0 Å². The van der Waals surface area contributed by atoms with Gasteiger partial charge in [-0.1, -0.05) is 25.1 Å². The number of nitrogens with zero attached hydrogens (tertiary/aromatic N) is 1. The van der Waals surface area contributed by atoms with Crippen molar-refractivity contribution in [3.63, 3.8) is 0 Å². The van der Waals surface area contributed by atoms with Crippen LogP contribution in [0.3, 0.4) is 0 Å². The van der Waals surface area contributed by atoms with Crippen molar-refractivity contribution in [3.05, 3.63) is 48.0 Å². The van der Waals surface area contributed by atoms with E-state index in [0.717, 1.165) is 12.0 Å². The summed E-state index contributed by atoms with van der Waals surface area (Å²) in [6.45, 7) is 6.38. The Kier molecular flexibility index (Phi) is 3.65. The molecule has 2 heteroatoms. The molecule has 1 aromatic carbocycles. The largest absolute Gasteiger partial charge is 0.330 e. The number of hydrogen-bond donors (Lipinski definition) is 1. The number of rotatable bonds is 4. The fourth-order valence-corrected chi connectivity index (χ4v) is 1.60. The Morgan fingerprint density at radius 1 is 1.60 bits per heavy atom. The van der Waals surface area contributed by atoms with Crippen LogP contribution in [0.15, 0.2) is 36.9 Å². The first kappa shape index (κ1) is 11.5. The molecule has 0 aromatic heterocycles. The topological polar surface area (TPSA) is 49.8 Å². The molecule has 0 saturated heterocycles. The Morgan fingerprint density at radius 3 is 2.87 bits per heavy atom. The Labute approximate surface area is 91.0 Å². The maximum atomic E-state index is 8.83. The van der Waals surface area contributed by atoms with Crippen LogP contribution < -0.4 is 5.73 Å². The second-order valence-electron chi connectivity index (χ2n) is 3.95. The lowest BCUT2D eigenvalue weighted by molar-refractivity contribution is 0.491. The predicted molar refractivity (Wildman–Crippen MR) is 62.4 cm³/mol. The third-order valence-electron chi connectivity index (χ3n) is 2.73. The maximum Gasteiger partial charge on any atom is 0.0991 e. The summed E-state index contributed by atoms with van der Waals surface area (Å²) < 4.78 is 0. The lowest BCUT2D eigenvalue weighted by atomic mass is 9.79. The zero-order valence-corrected chi connectivity index (χ0v) is 9.03. The Morgan fingerprint density at radius 2 is 2.33 bits per heavy atom. The van der Waals surface area contributed by atoms with Gasteiger partial charge in [0, 0.05) is 12.0 Å². The van der Waals surface area contributed by atoms with Crippen molar-refractivity contribution in [3.8, 4) is 6.07 Å². The van der Waals surface area contributed by atoms with Gasteiger partial charge in [-0.2, -0.15) is 5.26 Å². The zero-order valence-electron chi connectivity index (χ0n) is 9.03. The molecule has 0 amide bonds. The molecule has 0 heterocycles. The second kappa shape index (κ2) is 4.77. The number of allylic oxidation sites excluding steroid dienone is 1. The summed E-state index contributed by atoms with van der Waals surface area (Å²) in [5, 5.41) is 8.83. The molecule has 0 aliphatic heterocycles. The molecule has 1 rings (SSSR count). The summed E-state index contributed by atoms with van der Waals surface area (Å²) in [6, 6.07) is 9.74. The van der Waals surface area contributed by atoms with Gasteiger partial charge in [0.05, 0.1) is 11.6 Å². The summed E-state index contributed by atoms with van der Waals surface area (Å²) >= 11 is 0. The second-order valence-corrected chi connectivity index (χ2v) is 3.95. The van der Waals surface area contributed by atoms with E-state index in [1.54, 1.807) is 6.07 Å². The van der Waals surface area contributed by atoms with Gasteiger partial charge < -0.3 is 5.73 Å². The average molecular weight is 200 g/mol. The number of hydrogen-bond acceptors (Lipinski definition) is 2. The monoisotopic (exact) mass is 200 g/mol. The normalized spacial score (nSPS) is 13.9. The Hall–Kier alpha value is -1.59. The van der Waals surface area contributed by atoms with Gasteiger partial charge >= 0.3 is 0 Å². The molecule has 0 fully saturated rings. The molecule has 78 valence electrons. The molecule has 1 aromatic rings. The summed E-state index contributed by atoms with van der Waals surface area (Å²) in [4.78, 5) is 0. The van der Waals surface area contributed by atoms with E-state index in [1.807, 2.05) is 24.3 Å². The summed E-state index contributed by atoms with van der Waals surface area (Å²) in [5.41, 5.74) is 7.45. The molecule has 0 aliphatic carbocycles. The fourth-order valence-electron chi connectivity index (χ4n) is 1.60. The molecule has 15 heavy (non-hydrogen) atoms. The third kappa shape index (κ3) is 2.45. The molecule has 2 N–H and O–H groups in total. The number of benzene rings is 1. The summed E-state index contributed by atoms with van der Waals surface area (Å²) in [6.07, 6.45) is 2.68. The maximum absolute atomic E-state index is 8.83. The predicted octanol–water partition coefficient (Wildman–Crippen LogP) is 2.35. The van der Waals surface area contributed by atoms with Crippen molar-refractivity contribution in [2.75, 3.05) is 6.54 Å². The van der Waals surface area contributed by atoms with Gasteiger partial charge in [-0.05, 0) is 24.1 Å². The molecule has 2 nitrogen and oxygen atoms in total. The van der Waals surface area contributed by atoms with Crippen LogP contribution in [0.25, 0.3) is 0 Å². The van der Waals surface area contributed by atoms with Crippen LogP contribution >= 0.6 is 0 Å². The van der Waals surface area contributed by atoms with Gasteiger partial charge in [0.2, 0.25) is 0 Å². The Balaban J connectivity index is 3.12.